The summed E-state index contributed by atoms with van der Waals surface area (Å²) in [4.78, 5) is 22.9. The van der Waals surface area contributed by atoms with E-state index in [-0.39, 0.29) is 17.3 Å². The van der Waals surface area contributed by atoms with Crippen LogP contribution in [0.1, 0.15) is 24.9 Å². The van der Waals surface area contributed by atoms with E-state index in [4.69, 9.17) is 5.73 Å². The molecule has 0 spiro atoms. The first-order valence-corrected chi connectivity index (χ1v) is 4.51. The normalized spacial score (nSPS) is 12.9. The fraction of sp³-hybridized carbons (Fsp3) is 0.556. The summed E-state index contributed by atoms with van der Waals surface area (Å²) in [7, 11) is 3.06. The zero-order chi connectivity index (χ0) is 10.9. The number of nitrogens with zero attached hydrogens (tertiary/aromatic N) is 2. The molecular formula is C9H15N3O2. The number of hydrogen-bond acceptors (Lipinski definition) is 3. The zero-order valence-electron chi connectivity index (χ0n) is 8.65. The van der Waals surface area contributed by atoms with E-state index in [0.29, 0.717) is 12.0 Å². The minimum atomic E-state index is -0.331. The number of hydrogen-bond donors (Lipinski definition) is 1. The molecule has 0 unspecified atom stereocenters. The van der Waals surface area contributed by atoms with Gasteiger partial charge in [-0.1, -0.05) is 6.92 Å². The molecule has 14 heavy (non-hydrogen) atoms. The topological polar surface area (TPSA) is 70.0 Å². The molecule has 1 rings (SSSR count). The number of aromatic nitrogens is 2. The van der Waals surface area contributed by atoms with E-state index in [0.717, 1.165) is 4.57 Å². The predicted octanol–water partition coefficient (Wildman–Crippen LogP) is -0.506. The second-order valence-corrected chi connectivity index (χ2v) is 3.36. The van der Waals surface area contributed by atoms with Gasteiger partial charge in [0, 0.05) is 26.3 Å². The van der Waals surface area contributed by atoms with Crippen molar-refractivity contribution in [3.8, 4) is 0 Å². The lowest BCUT2D eigenvalue weighted by molar-refractivity contribution is 0.617. The first-order valence-electron chi connectivity index (χ1n) is 4.51. The van der Waals surface area contributed by atoms with Gasteiger partial charge in [-0.15, -0.1) is 0 Å². The summed E-state index contributed by atoms with van der Waals surface area (Å²) in [6.07, 6.45) is 2.19. The van der Waals surface area contributed by atoms with E-state index in [1.807, 2.05) is 6.92 Å². The van der Waals surface area contributed by atoms with Crippen LogP contribution in [0.3, 0.4) is 0 Å². The molecular weight excluding hydrogens is 182 g/mol. The van der Waals surface area contributed by atoms with Gasteiger partial charge in [-0.2, -0.15) is 0 Å². The minimum absolute atomic E-state index is 0.303. The van der Waals surface area contributed by atoms with Crippen LogP contribution in [-0.4, -0.2) is 9.13 Å². The third kappa shape index (κ3) is 1.63. The highest BCUT2D eigenvalue weighted by Gasteiger charge is 2.11. The molecule has 0 aliphatic rings. The molecule has 0 fully saturated rings. The molecule has 1 aromatic rings. The molecule has 1 atom stereocenters. The van der Waals surface area contributed by atoms with Crippen molar-refractivity contribution in [3.63, 3.8) is 0 Å². The molecule has 0 aromatic carbocycles. The van der Waals surface area contributed by atoms with Crippen LogP contribution in [0.25, 0.3) is 0 Å². The largest absolute Gasteiger partial charge is 0.330 e. The molecule has 0 saturated heterocycles. The van der Waals surface area contributed by atoms with Crippen LogP contribution in [0.2, 0.25) is 0 Å². The van der Waals surface area contributed by atoms with Crippen LogP contribution in [-0.2, 0) is 14.1 Å². The molecule has 0 aliphatic heterocycles. The molecule has 78 valence electrons. The molecule has 0 aliphatic carbocycles. The van der Waals surface area contributed by atoms with Gasteiger partial charge in [-0.25, -0.2) is 4.79 Å². The summed E-state index contributed by atoms with van der Waals surface area (Å²) in [6.45, 7) is 1.90. The van der Waals surface area contributed by atoms with Crippen LogP contribution >= 0.6 is 0 Å². The molecule has 2 N–H and O–H groups in total. The lowest BCUT2D eigenvalue weighted by atomic mass is 10.1. The molecule has 1 aromatic heterocycles. The third-order valence-electron chi connectivity index (χ3n) is 2.31. The van der Waals surface area contributed by atoms with Crippen LogP contribution < -0.4 is 17.0 Å². The van der Waals surface area contributed by atoms with Crippen LogP contribution in [0.15, 0.2) is 15.8 Å². The van der Waals surface area contributed by atoms with Crippen LogP contribution in [0.5, 0.6) is 0 Å². The lowest BCUT2D eigenvalue weighted by Crippen LogP contribution is -2.40. The quantitative estimate of drug-likeness (QED) is 0.694. The summed E-state index contributed by atoms with van der Waals surface area (Å²) >= 11 is 0. The van der Waals surface area contributed by atoms with Gasteiger partial charge in [0.2, 0.25) is 0 Å². The average molecular weight is 197 g/mol. The van der Waals surface area contributed by atoms with E-state index < -0.39 is 0 Å². The van der Waals surface area contributed by atoms with Crippen molar-refractivity contribution in [2.45, 2.75) is 19.4 Å². The van der Waals surface area contributed by atoms with Crippen molar-refractivity contribution < 1.29 is 0 Å². The molecule has 1 heterocycles. The number of nitrogens with two attached hydrogens (primary N) is 1. The summed E-state index contributed by atoms with van der Waals surface area (Å²) in [6, 6.07) is -0.305. The Morgan fingerprint density at radius 1 is 1.43 bits per heavy atom. The lowest BCUT2D eigenvalue weighted by Gasteiger charge is -2.11. The Morgan fingerprint density at radius 2 is 2.00 bits per heavy atom. The van der Waals surface area contributed by atoms with E-state index in [9.17, 15) is 9.59 Å². The van der Waals surface area contributed by atoms with Gasteiger partial charge in [0.25, 0.3) is 5.56 Å². The molecule has 0 amide bonds. The van der Waals surface area contributed by atoms with E-state index >= 15 is 0 Å². The SMILES string of the molecule is CC[C@@H](N)c1cn(C)c(=O)n(C)c1=O. The first kappa shape index (κ1) is 10.7. The molecule has 5 heteroatoms. The van der Waals surface area contributed by atoms with E-state index in [2.05, 4.69) is 0 Å². The molecule has 5 nitrogen and oxygen atoms in total. The highest BCUT2D eigenvalue weighted by atomic mass is 16.2. The summed E-state index contributed by atoms with van der Waals surface area (Å²) in [5, 5.41) is 0. The Kier molecular flexibility index (Phi) is 2.90. The third-order valence-corrected chi connectivity index (χ3v) is 2.31. The first-order chi connectivity index (χ1) is 6.49. The standard InChI is InChI=1S/C9H15N3O2/c1-4-7(10)6-5-11(2)9(14)12(3)8(6)13/h5,7H,4,10H2,1-3H3/t7-/m1/s1. The van der Waals surface area contributed by atoms with Crippen molar-refractivity contribution in [2.75, 3.05) is 0 Å². The van der Waals surface area contributed by atoms with Gasteiger partial charge in [0.05, 0.1) is 5.56 Å². The number of aryl methyl sites for hydroxylation is 1. The van der Waals surface area contributed by atoms with Gasteiger partial charge in [0.15, 0.2) is 0 Å². The molecule has 0 saturated carbocycles. The van der Waals surface area contributed by atoms with Crippen molar-refractivity contribution in [3.05, 3.63) is 32.6 Å². The van der Waals surface area contributed by atoms with Crippen molar-refractivity contribution in [1.82, 2.24) is 9.13 Å². The fourth-order valence-corrected chi connectivity index (χ4v) is 1.31. The van der Waals surface area contributed by atoms with E-state index in [1.165, 1.54) is 17.8 Å². The molecule has 0 radical (unpaired) electrons. The highest BCUT2D eigenvalue weighted by Crippen LogP contribution is 2.06. The number of rotatable bonds is 2. The minimum Gasteiger partial charge on any atom is -0.324 e. The van der Waals surface area contributed by atoms with E-state index in [1.54, 1.807) is 7.05 Å². The summed E-state index contributed by atoms with van der Waals surface area (Å²) in [5.41, 5.74) is 5.60. The monoisotopic (exact) mass is 197 g/mol. The Hall–Kier alpha value is -1.36. The zero-order valence-corrected chi connectivity index (χ0v) is 8.65. The second kappa shape index (κ2) is 3.79. The Labute approximate surface area is 81.8 Å². The Morgan fingerprint density at radius 3 is 2.50 bits per heavy atom. The maximum Gasteiger partial charge on any atom is 0.330 e. The summed E-state index contributed by atoms with van der Waals surface area (Å²) in [5.74, 6) is 0. The van der Waals surface area contributed by atoms with Crippen LogP contribution in [0, 0.1) is 0 Å². The predicted molar refractivity (Wildman–Crippen MR) is 54.1 cm³/mol. The van der Waals surface area contributed by atoms with Crippen molar-refractivity contribution in [1.29, 1.82) is 0 Å². The van der Waals surface area contributed by atoms with Gasteiger partial charge >= 0.3 is 5.69 Å². The van der Waals surface area contributed by atoms with Gasteiger partial charge in [-0.05, 0) is 6.42 Å². The molecule has 0 bridgehead atoms. The average Bonchev–Trinajstić information content (AvgIpc) is 2.19. The van der Waals surface area contributed by atoms with Gasteiger partial charge < -0.3 is 10.3 Å². The highest BCUT2D eigenvalue weighted by molar-refractivity contribution is 5.10. The van der Waals surface area contributed by atoms with Gasteiger partial charge in [0.1, 0.15) is 0 Å². The Balaban J connectivity index is 3.49. The maximum absolute atomic E-state index is 11.6. The van der Waals surface area contributed by atoms with Crippen LogP contribution in [0.4, 0.5) is 0 Å². The Bertz CT molecular complexity index is 444. The van der Waals surface area contributed by atoms with Crippen molar-refractivity contribution >= 4 is 0 Å². The van der Waals surface area contributed by atoms with Crippen molar-refractivity contribution in [2.24, 2.45) is 19.8 Å². The van der Waals surface area contributed by atoms with Gasteiger partial charge in [-0.3, -0.25) is 9.36 Å². The smallest absolute Gasteiger partial charge is 0.324 e. The second-order valence-electron chi connectivity index (χ2n) is 3.36. The maximum atomic E-state index is 11.6. The fourth-order valence-electron chi connectivity index (χ4n) is 1.31. The summed E-state index contributed by atoms with van der Waals surface area (Å²) < 4.78 is 2.44.